The first-order valence-corrected chi connectivity index (χ1v) is 8.25. The lowest BCUT2D eigenvalue weighted by molar-refractivity contribution is -0.151. The van der Waals surface area contributed by atoms with Crippen molar-refractivity contribution in [2.45, 2.75) is 63.9 Å². The van der Waals surface area contributed by atoms with Gasteiger partial charge >= 0.3 is 5.97 Å². The standard InChI is InChI=1S/C20H24O3/c1-5-20(6-2)14-13-17(15(3)4)18-12-11-16(22-18)9-7-8-10-19(21)23-20/h1-2,11-12,15,17H,7-10,13-14H2,3-4H3. The molecule has 2 bridgehead atoms. The molecule has 0 aromatic carbocycles. The first kappa shape index (κ1) is 17.2. The molecule has 0 fully saturated rings. The van der Waals surface area contributed by atoms with E-state index in [4.69, 9.17) is 22.0 Å². The molecule has 1 atom stereocenters. The molecule has 1 aliphatic heterocycles. The molecule has 122 valence electrons. The molecule has 2 rings (SSSR count). The van der Waals surface area contributed by atoms with Crippen molar-refractivity contribution in [3.05, 3.63) is 23.7 Å². The molecular weight excluding hydrogens is 288 g/mol. The maximum atomic E-state index is 12.0. The summed E-state index contributed by atoms with van der Waals surface area (Å²) in [6.07, 6.45) is 15.1. The zero-order valence-electron chi connectivity index (χ0n) is 13.9. The summed E-state index contributed by atoms with van der Waals surface area (Å²) < 4.78 is 11.5. The average molecular weight is 312 g/mol. The van der Waals surface area contributed by atoms with Crippen molar-refractivity contribution in [3.63, 3.8) is 0 Å². The maximum absolute atomic E-state index is 12.0. The summed E-state index contributed by atoms with van der Waals surface area (Å²) in [5.41, 5.74) is -1.26. The number of ether oxygens (including phenoxy) is 1. The van der Waals surface area contributed by atoms with Crippen molar-refractivity contribution < 1.29 is 13.9 Å². The van der Waals surface area contributed by atoms with E-state index in [2.05, 4.69) is 25.7 Å². The minimum atomic E-state index is -1.26. The number of esters is 1. The fourth-order valence-electron chi connectivity index (χ4n) is 3.00. The van der Waals surface area contributed by atoms with Crippen molar-refractivity contribution in [1.29, 1.82) is 0 Å². The zero-order chi connectivity index (χ0) is 16.9. The van der Waals surface area contributed by atoms with Gasteiger partial charge in [-0.15, -0.1) is 12.8 Å². The Bertz CT molecular complexity index is 610. The van der Waals surface area contributed by atoms with Crippen LogP contribution in [0, 0.1) is 30.6 Å². The van der Waals surface area contributed by atoms with Gasteiger partial charge in [0.2, 0.25) is 5.60 Å². The summed E-state index contributed by atoms with van der Waals surface area (Å²) in [4.78, 5) is 12.0. The number of rotatable bonds is 1. The van der Waals surface area contributed by atoms with E-state index in [1.54, 1.807) is 0 Å². The lowest BCUT2D eigenvalue weighted by Crippen LogP contribution is -2.32. The van der Waals surface area contributed by atoms with E-state index in [1.807, 2.05) is 12.1 Å². The van der Waals surface area contributed by atoms with Gasteiger partial charge in [0.05, 0.1) is 0 Å². The number of hydrogen-bond donors (Lipinski definition) is 0. The number of aryl methyl sites for hydroxylation is 1. The SMILES string of the molecule is C#CC1(C#C)CCC(C(C)C)c2ccc(o2)CCCCC(=O)O1. The molecule has 3 nitrogen and oxygen atoms in total. The van der Waals surface area contributed by atoms with Gasteiger partial charge in [-0.05, 0) is 49.2 Å². The van der Waals surface area contributed by atoms with E-state index in [-0.39, 0.29) is 11.9 Å². The Balaban J connectivity index is 2.30. The molecular formula is C20H24O3. The first-order chi connectivity index (χ1) is 11.0. The predicted octanol–water partition coefficient (Wildman–Crippen LogP) is 4.07. The molecule has 23 heavy (non-hydrogen) atoms. The topological polar surface area (TPSA) is 39.4 Å². The van der Waals surface area contributed by atoms with Crippen LogP contribution < -0.4 is 0 Å². The van der Waals surface area contributed by atoms with E-state index in [0.717, 1.165) is 30.8 Å². The van der Waals surface area contributed by atoms with Gasteiger partial charge in [0.25, 0.3) is 0 Å². The summed E-state index contributed by atoms with van der Waals surface area (Å²) >= 11 is 0. The molecule has 0 saturated carbocycles. The van der Waals surface area contributed by atoms with E-state index in [0.29, 0.717) is 25.2 Å². The fourth-order valence-corrected chi connectivity index (χ4v) is 3.00. The van der Waals surface area contributed by atoms with Gasteiger partial charge in [-0.3, -0.25) is 4.79 Å². The largest absolute Gasteiger partial charge is 0.466 e. The van der Waals surface area contributed by atoms with Crippen LogP contribution in [0.1, 0.15) is 63.4 Å². The number of cyclic esters (lactones) is 1. The molecule has 1 aromatic heterocycles. The lowest BCUT2D eigenvalue weighted by Gasteiger charge is -2.26. The van der Waals surface area contributed by atoms with E-state index < -0.39 is 5.60 Å². The highest BCUT2D eigenvalue weighted by Crippen LogP contribution is 2.34. The zero-order valence-corrected chi connectivity index (χ0v) is 13.9. The number of carbonyl (C=O) groups is 1. The molecule has 2 heterocycles. The lowest BCUT2D eigenvalue weighted by atomic mass is 9.85. The van der Waals surface area contributed by atoms with Crippen LogP contribution in [-0.4, -0.2) is 11.6 Å². The molecule has 0 N–H and O–H groups in total. The second-order valence-corrected chi connectivity index (χ2v) is 6.49. The van der Waals surface area contributed by atoms with Crippen LogP contribution in [0.25, 0.3) is 0 Å². The predicted molar refractivity (Wildman–Crippen MR) is 89.6 cm³/mol. The molecule has 0 saturated heterocycles. The smallest absolute Gasteiger partial charge is 0.308 e. The molecule has 0 radical (unpaired) electrons. The molecule has 0 amide bonds. The van der Waals surface area contributed by atoms with Crippen molar-refractivity contribution in [2.75, 3.05) is 0 Å². The van der Waals surface area contributed by atoms with Crippen LogP contribution in [0.5, 0.6) is 0 Å². The number of carbonyl (C=O) groups excluding carboxylic acids is 1. The fraction of sp³-hybridized carbons (Fsp3) is 0.550. The third-order valence-electron chi connectivity index (χ3n) is 4.47. The second-order valence-electron chi connectivity index (χ2n) is 6.49. The third kappa shape index (κ3) is 4.20. The molecule has 3 heteroatoms. The van der Waals surface area contributed by atoms with Gasteiger partial charge in [-0.2, -0.15) is 0 Å². The van der Waals surface area contributed by atoms with Gasteiger partial charge in [-0.1, -0.05) is 13.8 Å². The van der Waals surface area contributed by atoms with Crippen molar-refractivity contribution >= 4 is 5.97 Å². The monoisotopic (exact) mass is 312 g/mol. The molecule has 0 aliphatic carbocycles. The summed E-state index contributed by atoms with van der Waals surface area (Å²) in [7, 11) is 0. The van der Waals surface area contributed by atoms with E-state index in [1.165, 1.54) is 0 Å². The van der Waals surface area contributed by atoms with Gasteiger partial charge in [0, 0.05) is 25.2 Å². The summed E-state index contributed by atoms with van der Waals surface area (Å²) in [5.74, 6) is 7.22. The van der Waals surface area contributed by atoms with Crippen molar-refractivity contribution in [2.24, 2.45) is 5.92 Å². The Morgan fingerprint density at radius 2 is 1.91 bits per heavy atom. The average Bonchev–Trinajstić information content (AvgIpc) is 2.98. The summed E-state index contributed by atoms with van der Waals surface area (Å²) in [5, 5.41) is 0. The quantitative estimate of drug-likeness (QED) is 0.579. The second kappa shape index (κ2) is 7.42. The molecule has 1 aromatic rings. The number of terminal acetylenes is 2. The van der Waals surface area contributed by atoms with Crippen LogP contribution >= 0.6 is 0 Å². The Kier molecular flexibility index (Phi) is 5.56. The third-order valence-corrected chi connectivity index (χ3v) is 4.47. The molecule has 0 spiro atoms. The van der Waals surface area contributed by atoms with Gasteiger partial charge in [0.1, 0.15) is 11.5 Å². The summed E-state index contributed by atoms with van der Waals surface area (Å²) in [6, 6.07) is 4.08. The Morgan fingerprint density at radius 1 is 1.22 bits per heavy atom. The van der Waals surface area contributed by atoms with Crippen LogP contribution in [-0.2, 0) is 16.0 Å². The van der Waals surface area contributed by atoms with Gasteiger partial charge in [0.15, 0.2) is 0 Å². The van der Waals surface area contributed by atoms with E-state index in [9.17, 15) is 4.79 Å². The van der Waals surface area contributed by atoms with Crippen molar-refractivity contribution in [1.82, 2.24) is 0 Å². The van der Waals surface area contributed by atoms with Crippen LogP contribution in [0.3, 0.4) is 0 Å². The highest BCUT2D eigenvalue weighted by molar-refractivity contribution is 5.71. The van der Waals surface area contributed by atoms with Crippen LogP contribution in [0.15, 0.2) is 16.5 Å². The van der Waals surface area contributed by atoms with Gasteiger partial charge < -0.3 is 9.15 Å². The molecule has 1 unspecified atom stereocenters. The van der Waals surface area contributed by atoms with E-state index >= 15 is 0 Å². The number of fused-ring (bicyclic) bond motifs is 2. The minimum absolute atomic E-state index is 0.198. The number of hydrogen-bond acceptors (Lipinski definition) is 3. The van der Waals surface area contributed by atoms with Gasteiger partial charge in [-0.25, -0.2) is 0 Å². The highest BCUT2D eigenvalue weighted by atomic mass is 16.6. The Hall–Kier alpha value is -2.13. The number of furan rings is 1. The highest BCUT2D eigenvalue weighted by Gasteiger charge is 2.32. The minimum Gasteiger partial charge on any atom is -0.466 e. The first-order valence-electron chi connectivity index (χ1n) is 8.25. The molecule has 1 aliphatic rings. The Morgan fingerprint density at radius 3 is 2.57 bits per heavy atom. The van der Waals surface area contributed by atoms with Crippen LogP contribution in [0.4, 0.5) is 0 Å². The maximum Gasteiger partial charge on any atom is 0.308 e. The van der Waals surface area contributed by atoms with Crippen molar-refractivity contribution in [3.8, 4) is 24.7 Å². The summed E-state index contributed by atoms with van der Waals surface area (Å²) in [6.45, 7) is 4.29. The van der Waals surface area contributed by atoms with Crippen LogP contribution in [0.2, 0.25) is 0 Å². The Labute approximate surface area is 138 Å². The normalized spacial score (nSPS) is 22.0.